The molecule has 0 aliphatic carbocycles. The number of hydrogen-bond donors (Lipinski definition) is 4. The zero-order chi connectivity index (χ0) is 23.0. The smallest absolute Gasteiger partial charge is 0.303 e. The van der Waals surface area contributed by atoms with Gasteiger partial charge in [0.1, 0.15) is 40.0 Å². The van der Waals surface area contributed by atoms with Gasteiger partial charge in [0.25, 0.3) is 6.47 Å². The van der Waals surface area contributed by atoms with Gasteiger partial charge in [0.2, 0.25) is 0 Å². The van der Waals surface area contributed by atoms with Crippen LogP contribution in [0.25, 0.3) is 0 Å². The Balaban J connectivity index is 3.23. The minimum absolute atomic E-state index is 0.0685. The van der Waals surface area contributed by atoms with Gasteiger partial charge in [0, 0.05) is 13.8 Å². The highest BCUT2D eigenvalue weighted by Crippen LogP contribution is 2.29. The number of ether oxygens (including phenoxy) is 5. The number of aliphatic hydroxyl groups excluding tert-OH is 4. The van der Waals surface area contributed by atoms with E-state index in [4.69, 9.17) is 23.7 Å². The van der Waals surface area contributed by atoms with E-state index >= 15 is 0 Å². The number of carbonyl (C=O) groups is 3. The molecule has 1 fully saturated rings. The molecule has 0 spiro atoms. The third-order valence-corrected chi connectivity index (χ3v) is 5.29. The van der Waals surface area contributed by atoms with Gasteiger partial charge in [-0.15, -0.1) is 0 Å². The van der Waals surface area contributed by atoms with Gasteiger partial charge in [-0.25, -0.2) is 0 Å². The van der Waals surface area contributed by atoms with E-state index in [-0.39, 0.29) is 6.47 Å². The molecule has 0 aromatic carbocycles. The molecule has 0 amide bonds. The number of halogens is 2. The lowest BCUT2D eigenvalue weighted by molar-refractivity contribution is -0.324. The van der Waals surface area contributed by atoms with E-state index in [1.807, 2.05) is 22.6 Å². The summed E-state index contributed by atoms with van der Waals surface area (Å²) in [6.07, 6.45) is -11.8. The third-order valence-electron chi connectivity index (χ3n) is 4.06. The van der Waals surface area contributed by atoms with Crippen molar-refractivity contribution >= 4 is 56.9 Å². The molecule has 9 atom stereocenters. The van der Waals surface area contributed by atoms with Crippen molar-refractivity contribution in [3.8, 4) is 0 Å². The van der Waals surface area contributed by atoms with Crippen LogP contribution >= 0.6 is 38.5 Å². The van der Waals surface area contributed by atoms with Gasteiger partial charge in [-0.05, 0) is 0 Å². The lowest BCUT2D eigenvalue weighted by Crippen LogP contribution is -2.61. The van der Waals surface area contributed by atoms with Gasteiger partial charge in [-0.2, -0.15) is 0 Å². The van der Waals surface area contributed by atoms with Crippen LogP contribution in [0, 0.1) is 0 Å². The Bertz CT molecular complexity index is 576. The molecule has 1 aliphatic rings. The summed E-state index contributed by atoms with van der Waals surface area (Å²) in [6.45, 7) is 1.15. The molecule has 0 bridgehead atoms. The highest BCUT2D eigenvalue weighted by molar-refractivity contribution is 14.1. The van der Waals surface area contributed by atoms with Crippen LogP contribution in [0.3, 0.4) is 0 Å². The SMILES string of the molecule is CC(=O)OC[C@@H](OC=O)[C@@H](O[C@@H]1O[C@H](CO)[C@H](O)[C@H](O)[C@H]1O)[C@H](OC(C)=O)C(Br)I. The molecule has 1 unspecified atom stereocenters. The van der Waals surface area contributed by atoms with E-state index in [1.165, 1.54) is 0 Å². The third kappa shape index (κ3) is 7.81. The second kappa shape index (κ2) is 13.0. The minimum Gasteiger partial charge on any atom is -0.462 e. The number of rotatable bonds is 11. The Labute approximate surface area is 194 Å². The summed E-state index contributed by atoms with van der Waals surface area (Å²) >= 11 is 5.09. The molecule has 0 radical (unpaired) electrons. The molecular weight excluding hydrogens is 591 g/mol. The Hall–Kier alpha value is -0.620. The monoisotopic (exact) mass is 614 g/mol. The van der Waals surface area contributed by atoms with Crippen molar-refractivity contribution < 1.29 is 58.5 Å². The number of esters is 2. The zero-order valence-corrected chi connectivity index (χ0v) is 19.7. The maximum absolute atomic E-state index is 11.6. The predicted molar refractivity (Wildman–Crippen MR) is 108 cm³/mol. The first-order chi connectivity index (χ1) is 14.0. The molecule has 0 saturated carbocycles. The maximum atomic E-state index is 11.6. The van der Waals surface area contributed by atoms with Crippen LogP contribution in [-0.2, 0) is 38.1 Å². The van der Waals surface area contributed by atoms with Gasteiger partial charge in [0.15, 0.2) is 18.5 Å². The van der Waals surface area contributed by atoms with Crippen LogP contribution in [0.2, 0.25) is 0 Å². The fraction of sp³-hybridized carbons (Fsp3) is 0.812. The number of hydrogen-bond acceptors (Lipinski definition) is 12. The van der Waals surface area contributed by atoms with Crippen molar-refractivity contribution in [1.82, 2.24) is 0 Å². The van der Waals surface area contributed by atoms with Crippen molar-refractivity contribution in [2.45, 2.75) is 65.7 Å². The summed E-state index contributed by atoms with van der Waals surface area (Å²) in [5, 5.41) is 39.5. The van der Waals surface area contributed by atoms with E-state index in [0.717, 1.165) is 13.8 Å². The van der Waals surface area contributed by atoms with Crippen LogP contribution < -0.4 is 0 Å². The molecule has 1 saturated heterocycles. The second-order valence-corrected chi connectivity index (χ2v) is 10.3. The molecular formula is C16H24BrIO12. The van der Waals surface area contributed by atoms with Gasteiger partial charge < -0.3 is 44.1 Å². The first kappa shape index (κ1) is 27.4. The molecule has 14 heteroatoms. The van der Waals surface area contributed by atoms with Crippen molar-refractivity contribution in [3.63, 3.8) is 0 Å². The zero-order valence-electron chi connectivity index (χ0n) is 16.0. The second-order valence-electron chi connectivity index (χ2n) is 6.28. The molecule has 0 aromatic heterocycles. The fourth-order valence-electron chi connectivity index (χ4n) is 2.65. The minimum atomic E-state index is -1.77. The Morgan fingerprint density at radius 3 is 2.23 bits per heavy atom. The predicted octanol–water partition coefficient (Wildman–Crippen LogP) is -1.64. The van der Waals surface area contributed by atoms with E-state index < -0.39 is 77.0 Å². The first-order valence-electron chi connectivity index (χ1n) is 8.67. The number of alkyl halides is 2. The van der Waals surface area contributed by atoms with E-state index in [0.29, 0.717) is 0 Å². The van der Waals surface area contributed by atoms with Crippen LogP contribution in [0.1, 0.15) is 13.8 Å². The van der Waals surface area contributed by atoms with Gasteiger partial charge in [-0.3, -0.25) is 14.4 Å². The average molecular weight is 615 g/mol. The summed E-state index contributed by atoms with van der Waals surface area (Å²) < 4.78 is 25.4. The normalized spacial score (nSPS) is 30.5. The molecule has 1 aliphatic heterocycles. The molecule has 1 heterocycles. The Kier molecular flexibility index (Phi) is 11.9. The molecule has 1 rings (SSSR count). The van der Waals surface area contributed by atoms with E-state index in [9.17, 15) is 34.8 Å². The summed E-state index contributed by atoms with van der Waals surface area (Å²) in [5.41, 5.74) is 0. The summed E-state index contributed by atoms with van der Waals surface area (Å²) in [4.78, 5) is 33.8. The van der Waals surface area contributed by atoms with Crippen LogP contribution in [0.5, 0.6) is 0 Å². The first-order valence-corrected chi connectivity index (χ1v) is 10.8. The number of carbonyl (C=O) groups excluding carboxylic acids is 3. The van der Waals surface area contributed by atoms with Crippen LogP contribution in [0.4, 0.5) is 0 Å². The fourth-order valence-corrected chi connectivity index (χ4v) is 3.61. The molecule has 0 aromatic rings. The summed E-state index contributed by atoms with van der Waals surface area (Å²) in [7, 11) is 0. The topological polar surface area (TPSA) is 178 Å². The highest BCUT2D eigenvalue weighted by atomic mass is 127. The van der Waals surface area contributed by atoms with Crippen molar-refractivity contribution in [2.75, 3.05) is 13.2 Å². The average Bonchev–Trinajstić information content (AvgIpc) is 2.67. The standard InChI is InChI=1S/C16H24BrIO12/c1-6(21)26-4-9(27-5-20)13(14(15(17)18)28-7(2)22)30-16-12(25)11(24)10(23)8(3-19)29-16/h5,8-16,19,23-25H,3-4H2,1-2H3/t8-,9-,10+,11+,12-,13-,14+,15?,16+/m1/s1. The number of aliphatic hydroxyl groups is 4. The largest absolute Gasteiger partial charge is 0.462 e. The van der Waals surface area contributed by atoms with Gasteiger partial charge in [-0.1, -0.05) is 38.5 Å². The Morgan fingerprint density at radius 1 is 1.13 bits per heavy atom. The van der Waals surface area contributed by atoms with Crippen LogP contribution in [-0.4, -0.2) is 104 Å². The lowest BCUT2D eigenvalue weighted by Gasteiger charge is -2.42. The van der Waals surface area contributed by atoms with Crippen molar-refractivity contribution in [3.05, 3.63) is 0 Å². The Morgan fingerprint density at radius 2 is 1.77 bits per heavy atom. The lowest BCUT2D eigenvalue weighted by atomic mass is 9.99. The molecule has 174 valence electrons. The van der Waals surface area contributed by atoms with E-state index in [2.05, 4.69) is 15.9 Å². The molecule has 30 heavy (non-hydrogen) atoms. The quantitative estimate of drug-likeness (QED) is 0.0687. The highest BCUT2D eigenvalue weighted by Gasteiger charge is 2.48. The van der Waals surface area contributed by atoms with Crippen molar-refractivity contribution in [1.29, 1.82) is 0 Å². The summed E-state index contributed by atoms with van der Waals surface area (Å²) in [5.74, 6) is -1.39. The van der Waals surface area contributed by atoms with Gasteiger partial charge in [0.05, 0.1) is 6.61 Å². The summed E-state index contributed by atoms with van der Waals surface area (Å²) in [6, 6.07) is 0. The van der Waals surface area contributed by atoms with Crippen LogP contribution in [0.15, 0.2) is 0 Å². The van der Waals surface area contributed by atoms with E-state index in [1.54, 1.807) is 0 Å². The molecule has 4 N–H and O–H groups in total. The molecule has 12 nitrogen and oxygen atoms in total. The van der Waals surface area contributed by atoms with Gasteiger partial charge >= 0.3 is 11.9 Å². The maximum Gasteiger partial charge on any atom is 0.303 e. The van der Waals surface area contributed by atoms with Crippen molar-refractivity contribution in [2.24, 2.45) is 0 Å².